The molecule has 0 saturated heterocycles. The Morgan fingerprint density at radius 2 is 1.79 bits per heavy atom. The van der Waals surface area contributed by atoms with Crippen LogP contribution in [-0.4, -0.2) is 25.1 Å². The van der Waals surface area contributed by atoms with E-state index in [9.17, 15) is 9.59 Å². The van der Waals surface area contributed by atoms with E-state index in [1.807, 2.05) is 32.0 Å². The maximum absolute atomic E-state index is 12.1. The molecular weight excluding hydrogens is 306 g/mol. The van der Waals surface area contributed by atoms with Crippen LogP contribution in [0.5, 0.6) is 5.75 Å². The van der Waals surface area contributed by atoms with Gasteiger partial charge in [-0.05, 0) is 29.8 Å². The highest BCUT2D eigenvalue weighted by Gasteiger charge is 2.27. The lowest BCUT2D eigenvalue weighted by Gasteiger charge is -2.25. The van der Waals surface area contributed by atoms with Crippen LogP contribution in [0.25, 0.3) is 0 Å². The molecule has 3 rings (SSSR count). The standard InChI is InChI=1S/C17H15NO4.C2H6/c1-21-17(20)12-8-6-11(7-9-12)10-15-16(19)18-13-4-2-3-5-14(13)22-15;1-2/h2-9,15H,10H2,1H3,(H,18,19);1-2H3. The molecule has 24 heavy (non-hydrogen) atoms. The molecule has 2 aromatic carbocycles. The lowest BCUT2D eigenvalue weighted by molar-refractivity contribution is -0.123. The lowest BCUT2D eigenvalue weighted by Crippen LogP contribution is -2.38. The molecule has 5 nitrogen and oxygen atoms in total. The number of ether oxygens (including phenoxy) is 2. The molecule has 1 aliphatic rings. The SMILES string of the molecule is CC.COC(=O)c1ccc(CC2Oc3ccccc3NC2=O)cc1. The molecule has 1 N–H and O–H groups in total. The third-order valence-corrected chi connectivity index (χ3v) is 3.50. The topological polar surface area (TPSA) is 64.6 Å². The zero-order chi connectivity index (χ0) is 17.5. The van der Waals surface area contributed by atoms with E-state index in [1.54, 1.807) is 30.3 Å². The number of esters is 1. The average Bonchev–Trinajstić information content (AvgIpc) is 2.64. The second kappa shape index (κ2) is 8.15. The highest BCUT2D eigenvalue weighted by atomic mass is 16.5. The van der Waals surface area contributed by atoms with Gasteiger partial charge in [0.25, 0.3) is 5.91 Å². The number of carbonyl (C=O) groups excluding carboxylic acids is 2. The highest BCUT2D eigenvalue weighted by molar-refractivity contribution is 5.97. The molecule has 0 aliphatic carbocycles. The Bertz CT molecular complexity index is 710. The van der Waals surface area contributed by atoms with Gasteiger partial charge in [-0.1, -0.05) is 38.1 Å². The number of fused-ring (bicyclic) bond motifs is 1. The van der Waals surface area contributed by atoms with Gasteiger partial charge in [-0.2, -0.15) is 0 Å². The molecule has 5 heteroatoms. The Labute approximate surface area is 141 Å². The Morgan fingerprint density at radius 1 is 1.12 bits per heavy atom. The lowest BCUT2D eigenvalue weighted by atomic mass is 10.0. The fraction of sp³-hybridized carbons (Fsp3) is 0.263. The van der Waals surface area contributed by atoms with Crippen molar-refractivity contribution in [3.05, 3.63) is 59.7 Å². The zero-order valence-electron chi connectivity index (χ0n) is 14.0. The molecule has 0 spiro atoms. The van der Waals surface area contributed by atoms with E-state index < -0.39 is 6.10 Å². The van der Waals surface area contributed by atoms with E-state index in [0.717, 1.165) is 5.56 Å². The normalized spacial score (nSPS) is 15.1. The summed E-state index contributed by atoms with van der Waals surface area (Å²) in [6.45, 7) is 4.00. The van der Waals surface area contributed by atoms with Crippen molar-refractivity contribution in [2.45, 2.75) is 26.4 Å². The van der Waals surface area contributed by atoms with Crippen molar-refractivity contribution in [1.29, 1.82) is 0 Å². The van der Waals surface area contributed by atoms with Gasteiger partial charge in [0.1, 0.15) is 5.75 Å². The fourth-order valence-electron chi connectivity index (χ4n) is 2.34. The monoisotopic (exact) mass is 327 g/mol. The number of anilines is 1. The minimum absolute atomic E-state index is 0.171. The van der Waals surface area contributed by atoms with Gasteiger partial charge < -0.3 is 14.8 Å². The number of rotatable bonds is 3. The van der Waals surface area contributed by atoms with Gasteiger partial charge >= 0.3 is 5.97 Å². The minimum atomic E-state index is -0.584. The molecule has 1 heterocycles. The van der Waals surface area contributed by atoms with Crippen molar-refractivity contribution in [3.63, 3.8) is 0 Å². The summed E-state index contributed by atoms with van der Waals surface area (Å²) in [5.74, 6) is 0.112. The van der Waals surface area contributed by atoms with Crippen molar-refractivity contribution >= 4 is 17.6 Å². The first-order valence-electron chi connectivity index (χ1n) is 7.91. The highest BCUT2D eigenvalue weighted by Crippen LogP contribution is 2.29. The van der Waals surface area contributed by atoms with Gasteiger partial charge in [0.15, 0.2) is 6.10 Å². The first-order valence-corrected chi connectivity index (χ1v) is 7.91. The van der Waals surface area contributed by atoms with E-state index >= 15 is 0 Å². The number of amides is 1. The zero-order valence-corrected chi connectivity index (χ0v) is 14.0. The molecule has 1 unspecified atom stereocenters. The van der Waals surface area contributed by atoms with Gasteiger partial charge in [-0.15, -0.1) is 0 Å². The Kier molecular flexibility index (Phi) is 5.95. The summed E-state index contributed by atoms with van der Waals surface area (Å²) in [5.41, 5.74) is 2.07. The molecule has 1 atom stereocenters. The van der Waals surface area contributed by atoms with Crippen molar-refractivity contribution in [2.24, 2.45) is 0 Å². The second-order valence-electron chi connectivity index (χ2n) is 4.98. The summed E-state index contributed by atoms with van der Waals surface area (Å²) >= 11 is 0. The molecule has 0 aromatic heterocycles. The van der Waals surface area contributed by atoms with Crippen LogP contribution in [0.2, 0.25) is 0 Å². The summed E-state index contributed by atoms with van der Waals surface area (Å²) in [5, 5.41) is 2.83. The summed E-state index contributed by atoms with van der Waals surface area (Å²) in [4.78, 5) is 23.5. The number of para-hydroxylation sites is 2. The first-order chi connectivity index (χ1) is 11.7. The Balaban J connectivity index is 0.00000100. The maximum Gasteiger partial charge on any atom is 0.337 e. The van der Waals surface area contributed by atoms with Crippen molar-refractivity contribution in [3.8, 4) is 5.75 Å². The summed E-state index contributed by atoms with van der Waals surface area (Å²) in [6, 6.07) is 14.3. The van der Waals surface area contributed by atoms with Gasteiger partial charge in [0, 0.05) is 6.42 Å². The first kappa shape index (κ1) is 17.5. The molecule has 0 saturated carbocycles. The van der Waals surface area contributed by atoms with Crippen LogP contribution >= 0.6 is 0 Å². The predicted octanol–water partition coefficient (Wildman–Crippen LogP) is 3.44. The largest absolute Gasteiger partial charge is 0.478 e. The van der Waals surface area contributed by atoms with Crippen LogP contribution in [0.3, 0.4) is 0 Å². The average molecular weight is 327 g/mol. The molecule has 0 radical (unpaired) electrons. The minimum Gasteiger partial charge on any atom is -0.478 e. The number of benzene rings is 2. The maximum atomic E-state index is 12.1. The van der Waals surface area contributed by atoms with Crippen LogP contribution in [0.4, 0.5) is 5.69 Å². The van der Waals surface area contributed by atoms with E-state index in [0.29, 0.717) is 23.4 Å². The smallest absolute Gasteiger partial charge is 0.337 e. The number of nitrogens with one attached hydrogen (secondary N) is 1. The summed E-state index contributed by atoms with van der Waals surface area (Å²) in [6.07, 6.45) is -0.152. The van der Waals surface area contributed by atoms with Crippen molar-refractivity contribution < 1.29 is 19.1 Å². The molecular formula is C19H21NO4. The number of hydrogen-bond donors (Lipinski definition) is 1. The van der Waals surface area contributed by atoms with Crippen LogP contribution in [0.1, 0.15) is 29.8 Å². The van der Waals surface area contributed by atoms with Crippen LogP contribution < -0.4 is 10.1 Å². The third-order valence-electron chi connectivity index (χ3n) is 3.50. The second-order valence-corrected chi connectivity index (χ2v) is 4.98. The van der Waals surface area contributed by atoms with E-state index in [1.165, 1.54) is 7.11 Å². The van der Waals surface area contributed by atoms with Gasteiger partial charge in [-0.25, -0.2) is 4.79 Å². The van der Waals surface area contributed by atoms with Crippen LogP contribution in [0, 0.1) is 0 Å². The molecule has 126 valence electrons. The number of methoxy groups -OCH3 is 1. The Hall–Kier alpha value is -2.82. The van der Waals surface area contributed by atoms with Gasteiger partial charge in [0.05, 0.1) is 18.4 Å². The van der Waals surface area contributed by atoms with Gasteiger partial charge in [-0.3, -0.25) is 4.79 Å². The predicted molar refractivity (Wildman–Crippen MR) is 92.3 cm³/mol. The van der Waals surface area contributed by atoms with Crippen LogP contribution in [0.15, 0.2) is 48.5 Å². The molecule has 0 bridgehead atoms. The molecule has 1 aliphatic heterocycles. The van der Waals surface area contributed by atoms with Crippen molar-refractivity contribution in [1.82, 2.24) is 0 Å². The number of carbonyl (C=O) groups is 2. The summed E-state index contributed by atoms with van der Waals surface area (Å²) in [7, 11) is 1.34. The quantitative estimate of drug-likeness (QED) is 0.877. The Morgan fingerprint density at radius 3 is 2.46 bits per heavy atom. The van der Waals surface area contributed by atoms with E-state index in [-0.39, 0.29) is 11.9 Å². The molecule has 0 fully saturated rings. The fourth-order valence-corrected chi connectivity index (χ4v) is 2.34. The van der Waals surface area contributed by atoms with E-state index in [4.69, 9.17) is 4.74 Å². The molecule has 2 aromatic rings. The number of hydrogen-bond acceptors (Lipinski definition) is 4. The van der Waals surface area contributed by atoms with Crippen molar-refractivity contribution in [2.75, 3.05) is 12.4 Å². The van der Waals surface area contributed by atoms with Gasteiger partial charge in [0.2, 0.25) is 0 Å². The van der Waals surface area contributed by atoms with Crippen LogP contribution in [-0.2, 0) is 16.0 Å². The summed E-state index contributed by atoms with van der Waals surface area (Å²) < 4.78 is 10.4. The van der Waals surface area contributed by atoms with E-state index in [2.05, 4.69) is 10.1 Å². The third kappa shape index (κ3) is 3.93. The molecule has 1 amide bonds.